The molecule has 0 fully saturated rings. The Morgan fingerprint density at radius 3 is 2.81 bits per heavy atom. The van der Waals surface area contributed by atoms with Crippen LogP contribution in [0.3, 0.4) is 0 Å². The fraction of sp³-hybridized carbons (Fsp3) is 0.250. The predicted octanol–water partition coefficient (Wildman–Crippen LogP) is -0.672. The normalized spacial score (nSPS) is 11.0. The fourth-order valence-electron chi connectivity index (χ4n) is 1.10. The quantitative estimate of drug-likeness (QED) is 0.607. The molecule has 16 heavy (non-hydrogen) atoms. The number of rotatable bonds is 4. The highest BCUT2D eigenvalue weighted by Crippen LogP contribution is 2.16. The number of nitrogens with zero attached hydrogens (tertiary/aromatic N) is 1. The van der Waals surface area contributed by atoms with Gasteiger partial charge in [0.25, 0.3) is 0 Å². The first-order valence-electron chi connectivity index (χ1n) is 4.11. The smallest absolute Gasteiger partial charge is 0.357 e. The minimum absolute atomic E-state index is 0.141. The number of sulfonamides is 1. The van der Waals surface area contributed by atoms with E-state index in [1.54, 1.807) is 0 Å². The van der Waals surface area contributed by atoms with Crippen molar-refractivity contribution in [2.75, 3.05) is 6.54 Å². The third-order valence-electron chi connectivity index (χ3n) is 1.73. The van der Waals surface area contributed by atoms with Crippen LogP contribution in [-0.2, 0) is 10.0 Å². The van der Waals surface area contributed by atoms with Crippen LogP contribution in [0.2, 0.25) is 0 Å². The highest BCUT2D eigenvalue weighted by molar-refractivity contribution is 7.89. The molecule has 1 heterocycles. The molecule has 0 atom stereocenters. The first kappa shape index (κ1) is 12.2. The lowest BCUT2D eigenvalue weighted by atomic mass is 10.4. The molecule has 0 saturated carbocycles. The maximum atomic E-state index is 11.7. The average molecular weight is 243 g/mol. The third-order valence-corrected chi connectivity index (χ3v) is 3.29. The predicted molar refractivity (Wildman–Crippen MR) is 54.3 cm³/mol. The fourth-order valence-corrected chi connectivity index (χ4v) is 2.36. The average Bonchev–Trinajstić information content (AvgIpc) is 2.58. The molecule has 0 bridgehead atoms. The Balaban J connectivity index is 3.28. The molecule has 0 aliphatic heterocycles. The molecular formula is C8H9N3O4S. The van der Waals surface area contributed by atoms with Crippen molar-refractivity contribution in [2.24, 2.45) is 0 Å². The SMILES string of the molecule is C#CCNS(=O)(=O)c1c(C(=O)O)n[nH]c1C. The zero-order valence-electron chi connectivity index (χ0n) is 8.31. The summed E-state index contributed by atoms with van der Waals surface area (Å²) in [6, 6.07) is 0. The molecule has 1 aromatic heterocycles. The van der Waals surface area contributed by atoms with Crippen LogP contribution in [0.15, 0.2) is 4.90 Å². The Morgan fingerprint density at radius 1 is 1.69 bits per heavy atom. The highest BCUT2D eigenvalue weighted by Gasteiger charge is 2.27. The minimum Gasteiger partial charge on any atom is -0.476 e. The molecule has 0 spiro atoms. The van der Waals surface area contributed by atoms with Gasteiger partial charge in [0.05, 0.1) is 12.2 Å². The van der Waals surface area contributed by atoms with Crippen molar-refractivity contribution in [3.8, 4) is 12.3 Å². The molecule has 0 aromatic carbocycles. The molecule has 86 valence electrons. The van der Waals surface area contributed by atoms with Crippen LogP contribution in [-0.4, -0.2) is 36.2 Å². The van der Waals surface area contributed by atoms with E-state index in [1.165, 1.54) is 6.92 Å². The van der Waals surface area contributed by atoms with Gasteiger partial charge in [-0.3, -0.25) is 5.10 Å². The van der Waals surface area contributed by atoms with E-state index >= 15 is 0 Å². The number of H-pyrrole nitrogens is 1. The summed E-state index contributed by atoms with van der Waals surface area (Å²) in [5.41, 5.74) is -0.413. The van der Waals surface area contributed by atoms with E-state index in [4.69, 9.17) is 11.5 Å². The lowest BCUT2D eigenvalue weighted by Crippen LogP contribution is -2.26. The molecule has 0 amide bonds. The number of hydrogen-bond donors (Lipinski definition) is 3. The van der Waals surface area contributed by atoms with Crippen LogP contribution >= 0.6 is 0 Å². The molecule has 1 aromatic rings. The van der Waals surface area contributed by atoms with Crippen molar-refractivity contribution >= 4 is 16.0 Å². The first-order chi connectivity index (χ1) is 7.40. The number of aryl methyl sites for hydroxylation is 1. The second-order valence-electron chi connectivity index (χ2n) is 2.86. The van der Waals surface area contributed by atoms with Crippen LogP contribution in [0.4, 0.5) is 0 Å². The summed E-state index contributed by atoms with van der Waals surface area (Å²) in [5.74, 6) is 0.660. The van der Waals surface area contributed by atoms with Gasteiger partial charge >= 0.3 is 5.97 Å². The van der Waals surface area contributed by atoms with Gasteiger partial charge < -0.3 is 5.11 Å². The Kier molecular flexibility index (Phi) is 3.31. The lowest BCUT2D eigenvalue weighted by molar-refractivity contribution is 0.0686. The number of aromatic amines is 1. The van der Waals surface area contributed by atoms with E-state index < -0.39 is 26.6 Å². The van der Waals surface area contributed by atoms with Gasteiger partial charge in [0.1, 0.15) is 4.90 Å². The van der Waals surface area contributed by atoms with E-state index in [0.29, 0.717) is 0 Å². The van der Waals surface area contributed by atoms with Gasteiger partial charge in [0, 0.05) is 0 Å². The van der Waals surface area contributed by atoms with E-state index in [-0.39, 0.29) is 12.2 Å². The van der Waals surface area contributed by atoms with Crippen LogP contribution in [0.1, 0.15) is 16.2 Å². The molecule has 0 saturated heterocycles. The summed E-state index contributed by atoms with van der Waals surface area (Å²) in [6.07, 6.45) is 4.91. The lowest BCUT2D eigenvalue weighted by Gasteiger charge is -2.03. The van der Waals surface area contributed by atoms with Gasteiger partial charge in [-0.2, -0.15) is 9.82 Å². The second kappa shape index (κ2) is 4.34. The van der Waals surface area contributed by atoms with E-state index in [1.807, 2.05) is 0 Å². The van der Waals surface area contributed by atoms with E-state index in [0.717, 1.165) is 0 Å². The number of carbonyl (C=O) groups is 1. The minimum atomic E-state index is -3.95. The molecule has 0 radical (unpaired) electrons. The number of carboxylic acids is 1. The van der Waals surface area contributed by atoms with Gasteiger partial charge in [-0.1, -0.05) is 5.92 Å². The first-order valence-corrected chi connectivity index (χ1v) is 5.60. The number of terminal acetylenes is 1. The Bertz CT molecular complexity index is 552. The number of aromatic nitrogens is 2. The molecule has 0 unspecified atom stereocenters. The van der Waals surface area contributed by atoms with Crippen LogP contribution in [0, 0.1) is 19.3 Å². The molecule has 8 heteroatoms. The van der Waals surface area contributed by atoms with Gasteiger partial charge in [0.2, 0.25) is 10.0 Å². The van der Waals surface area contributed by atoms with E-state index in [2.05, 4.69) is 20.8 Å². The molecule has 0 aliphatic carbocycles. The summed E-state index contributed by atoms with van der Waals surface area (Å²) in [5, 5.41) is 14.4. The summed E-state index contributed by atoms with van der Waals surface area (Å²) in [4.78, 5) is 10.3. The molecule has 3 N–H and O–H groups in total. The second-order valence-corrected chi connectivity index (χ2v) is 4.56. The number of carboxylic acid groups (broad SMARTS) is 1. The molecular weight excluding hydrogens is 234 g/mol. The van der Waals surface area contributed by atoms with Crippen molar-refractivity contribution in [1.29, 1.82) is 0 Å². The van der Waals surface area contributed by atoms with Crippen LogP contribution < -0.4 is 4.72 Å². The molecule has 0 aliphatic rings. The molecule has 1 rings (SSSR count). The summed E-state index contributed by atoms with van der Waals surface area (Å²) in [7, 11) is -3.95. The zero-order chi connectivity index (χ0) is 12.3. The Morgan fingerprint density at radius 2 is 2.31 bits per heavy atom. The van der Waals surface area contributed by atoms with Crippen molar-refractivity contribution in [2.45, 2.75) is 11.8 Å². The Labute approximate surface area is 91.9 Å². The van der Waals surface area contributed by atoms with Gasteiger partial charge in [-0.25, -0.2) is 13.2 Å². The number of nitrogens with one attached hydrogen (secondary N) is 2. The topological polar surface area (TPSA) is 112 Å². The maximum absolute atomic E-state index is 11.7. The maximum Gasteiger partial charge on any atom is 0.357 e. The van der Waals surface area contributed by atoms with Crippen molar-refractivity contribution in [3.63, 3.8) is 0 Å². The highest BCUT2D eigenvalue weighted by atomic mass is 32.2. The van der Waals surface area contributed by atoms with Crippen molar-refractivity contribution < 1.29 is 18.3 Å². The standard InChI is InChI=1S/C8H9N3O4S/c1-3-4-9-16(14,15)7-5(2)10-11-6(7)8(12)13/h1,9H,4H2,2H3,(H,10,11)(H,12,13). The van der Waals surface area contributed by atoms with Gasteiger partial charge in [-0.15, -0.1) is 6.42 Å². The third kappa shape index (κ3) is 2.21. The van der Waals surface area contributed by atoms with Crippen LogP contribution in [0.25, 0.3) is 0 Å². The largest absolute Gasteiger partial charge is 0.476 e. The van der Waals surface area contributed by atoms with E-state index in [9.17, 15) is 13.2 Å². The molecule has 7 nitrogen and oxygen atoms in total. The Hall–Kier alpha value is -1.85. The number of aromatic carboxylic acids is 1. The summed E-state index contributed by atoms with van der Waals surface area (Å²) in [6.45, 7) is 1.19. The van der Waals surface area contributed by atoms with Crippen molar-refractivity contribution in [1.82, 2.24) is 14.9 Å². The summed E-state index contributed by atoms with van der Waals surface area (Å²) < 4.78 is 25.4. The van der Waals surface area contributed by atoms with Gasteiger partial charge in [-0.05, 0) is 6.92 Å². The van der Waals surface area contributed by atoms with Crippen molar-refractivity contribution in [3.05, 3.63) is 11.4 Å². The zero-order valence-corrected chi connectivity index (χ0v) is 9.13. The summed E-state index contributed by atoms with van der Waals surface area (Å²) >= 11 is 0. The number of hydrogen-bond acceptors (Lipinski definition) is 4. The van der Waals surface area contributed by atoms with Crippen LogP contribution in [0.5, 0.6) is 0 Å². The van der Waals surface area contributed by atoms with Gasteiger partial charge in [0.15, 0.2) is 5.69 Å². The monoisotopic (exact) mass is 243 g/mol.